The molecular weight excluding hydrogens is 336 g/mol. The van der Waals surface area contributed by atoms with Gasteiger partial charge >= 0.3 is 12.0 Å². The number of carbonyl (C=O) groups is 2. The fourth-order valence-electron chi connectivity index (χ4n) is 2.46. The molecule has 0 saturated carbocycles. The predicted molar refractivity (Wildman–Crippen MR) is 84.6 cm³/mol. The van der Waals surface area contributed by atoms with Crippen molar-refractivity contribution in [3.63, 3.8) is 0 Å². The molecule has 21 heavy (non-hydrogen) atoms. The van der Waals surface area contributed by atoms with Crippen LogP contribution in [0.1, 0.15) is 30.6 Å². The summed E-state index contributed by atoms with van der Waals surface area (Å²) in [5.41, 5.74) is 0.763. The summed E-state index contributed by atoms with van der Waals surface area (Å²) in [6.07, 6.45) is 1.03. The number of carboxylic acid groups (broad SMARTS) is 1. The van der Waals surface area contributed by atoms with Crippen LogP contribution in [0, 0.1) is 11.8 Å². The summed E-state index contributed by atoms with van der Waals surface area (Å²) >= 11 is 3.29. The van der Waals surface area contributed by atoms with E-state index in [4.69, 9.17) is 5.11 Å². The average molecular weight is 355 g/mol. The van der Waals surface area contributed by atoms with Crippen LogP contribution in [0.15, 0.2) is 22.7 Å². The van der Waals surface area contributed by atoms with Crippen molar-refractivity contribution >= 4 is 33.6 Å². The van der Waals surface area contributed by atoms with Gasteiger partial charge in [0.1, 0.15) is 0 Å². The average Bonchev–Trinajstić information content (AvgIpc) is 2.90. The van der Waals surface area contributed by atoms with E-state index in [0.717, 1.165) is 19.5 Å². The Morgan fingerprint density at radius 1 is 1.43 bits per heavy atom. The van der Waals surface area contributed by atoms with Gasteiger partial charge in [0.15, 0.2) is 0 Å². The van der Waals surface area contributed by atoms with Gasteiger partial charge < -0.3 is 15.3 Å². The fraction of sp³-hybridized carbons (Fsp3) is 0.467. The molecule has 2 N–H and O–H groups in total. The highest BCUT2D eigenvalue weighted by Crippen LogP contribution is 2.27. The minimum atomic E-state index is -0.993. The molecule has 1 aliphatic heterocycles. The first-order chi connectivity index (χ1) is 9.88. The molecule has 0 radical (unpaired) electrons. The maximum absolute atomic E-state index is 12.2. The minimum absolute atomic E-state index is 0.137. The van der Waals surface area contributed by atoms with Crippen molar-refractivity contribution in [2.45, 2.75) is 20.3 Å². The maximum atomic E-state index is 12.2. The summed E-state index contributed by atoms with van der Waals surface area (Å²) in [5.74, 6) is 0.130. The van der Waals surface area contributed by atoms with Gasteiger partial charge in [0.2, 0.25) is 0 Å². The molecule has 0 spiro atoms. The Balaban J connectivity index is 2.02. The molecule has 1 aliphatic rings. The predicted octanol–water partition coefficient (Wildman–Crippen LogP) is 3.66. The lowest BCUT2D eigenvalue weighted by Crippen LogP contribution is -2.33. The second-order valence-electron chi connectivity index (χ2n) is 5.67. The molecule has 1 unspecified atom stereocenters. The number of benzene rings is 1. The number of urea groups is 1. The molecule has 2 amide bonds. The second kappa shape index (κ2) is 6.47. The Kier molecular flexibility index (Phi) is 4.88. The van der Waals surface area contributed by atoms with Gasteiger partial charge in [0, 0.05) is 17.6 Å². The van der Waals surface area contributed by atoms with Crippen LogP contribution in [-0.2, 0) is 0 Å². The first kappa shape index (κ1) is 15.8. The van der Waals surface area contributed by atoms with Crippen LogP contribution in [0.2, 0.25) is 0 Å². The van der Waals surface area contributed by atoms with Gasteiger partial charge in [-0.25, -0.2) is 9.59 Å². The Hall–Kier alpha value is -1.56. The number of hydrogen-bond acceptors (Lipinski definition) is 2. The van der Waals surface area contributed by atoms with E-state index in [1.54, 1.807) is 6.07 Å². The van der Waals surface area contributed by atoms with Crippen molar-refractivity contribution in [1.29, 1.82) is 0 Å². The van der Waals surface area contributed by atoms with Crippen molar-refractivity contribution < 1.29 is 14.7 Å². The van der Waals surface area contributed by atoms with E-state index in [1.165, 1.54) is 12.1 Å². The molecule has 1 atom stereocenters. The Morgan fingerprint density at radius 3 is 2.67 bits per heavy atom. The van der Waals surface area contributed by atoms with Crippen LogP contribution < -0.4 is 5.32 Å². The highest BCUT2D eigenvalue weighted by atomic mass is 79.9. The first-order valence-corrected chi connectivity index (χ1v) is 7.76. The van der Waals surface area contributed by atoms with Gasteiger partial charge in [-0.2, -0.15) is 0 Å². The molecule has 2 rings (SSSR count). The molecule has 6 heteroatoms. The summed E-state index contributed by atoms with van der Waals surface area (Å²) in [4.78, 5) is 24.9. The standard InChI is InChI=1S/C15H19BrN2O3/c1-9(2)11-5-6-18(8-11)15(21)17-13-4-3-10(14(19)20)7-12(13)16/h3-4,7,9,11H,5-6,8H2,1-2H3,(H,17,21)(H,19,20). The number of carbonyl (C=O) groups excluding carboxylic acids is 1. The van der Waals surface area contributed by atoms with Gasteiger partial charge in [0.05, 0.1) is 11.3 Å². The number of carboxylic acids is 1. The van der Waals surface area contributed by atoms with E-state index >= 15 is 0 Å². The van der Waals surface area contributed by atoms with E-state index < -0.39 is 5.97 Å². The number of nitrogens with zero attached hydrogens (tertiary/aromatic N) is 1. The zero-order valence-electron chi connectivity index (χ0n) is 12.1. The molecule has 0 bridgehead atoms. The number of anilines is 1. The molecule has 1 heterocycles. The van der Waals surface area contributed by atoms with E-state index in [2.05, 4.69) is 35.1 Å². The van der Waals surface area contributed by atoms with Crippen LogP contribution >= 0.6 is 15.9 Å². The maximum Gasteiger partial charge on any atom is 0.335 e. The number of aromatic carboxylic acids is 1. The molecule has 1 aromatic carbocycles. The highest BCUT2D eigenvalue weighted by molar-refractivity contribution is 9.10. The van der Waals surface area contributed by atoms with Gasteiger partial charge in [-0.3, -0.25) is 0 Å². The van der Waals surface area contributed by atoms with Crippen LogP contribution in [0.5, 0.6) is 0 Å². The summed E-state index contributed by atoms with van der Waals surface area (Å²) < 4.78 is 0.565. The molecule has 114 valence electrons. The highest BCUT2D eigenvalue weighted by Gasteiger charge is 2.28. The smallest absolute Gasteiger partial charge is 0.335 e. The lowest BCUT2D eigenvalue weighted by atomic mass is 9.95. The van der Waals surface area contributed by atoms with Crippen molar-refractivity contribution in [3.8, 4) is 0 Å². The number of nitrogens with one attached hydrogen (secondary N) is 1. The number of halogens is 1. The number of amides is 2. The Bertz CT molecular complexity index is 560. The fourth-order valence-corrected chi connectivity index (χ4v) is 2.94. The topological polar surface area (TPSA) is 69.6 Å². The van der Waals surface area contributed by atoms with Gasteiger partial charge in [-0.05, 0) is 52.4 Å². The van der Waals surface area contributed by atoms with Gasteiger partial charge in [-0.15, -0.1) is 0 Å². The molecule has 0 aliphatic carbocycles. The third-order valence-electron chi connectivity index (χ3n) is 3.91. The monoisotopic (exact) mass is 354 g/mol. The van der Waals surface area contributed by atoms with Crippen molar-refractivity contribution in [1.82, 2.24) is 4.90 Å². The molecule has 1 saturated heterocycles. The van der Waals surface area contributed by atoms with Crippen LogP contribution in [-0.4, -0.2) is 35.1 Å². The normalized spacial score (nSPS) is 18.1. The van der Waals surface area contributed by atoms with E-state index in [9.17, 15) is 9.59 Å². The lowest BCUT2D eigenvalue weighted by molar-refractivity contribution is 0.0697. The van der Waals surface area contributed by atoms with Crippen LogP contribution in [0.4, 0.5) is 10.5 Å². The number of hydrogen-bond donors (Lipinski definition) is 2. The summed E-state index contributed by atoms with van der Waals surface area (Å²) in [6, 6.07) is 4.42. The first-order valence-electron chi connectivity index (χ1n) is 6.97. The zero-order chi connectivity index (χ0) is 15.6. The SMILES string of the molecule is CC(C)C1CCN(C(=O)Nc2ccc(C(=O)O)cc2Br)C1. The summed E-state index contributed by atoms with van der Waals surface area (Å²) in [7, 11) is 0. The van der Waals surface area contributed by atoms with E-state index in [1.807, 2.05) is 4.90 Å². The summed E-state index contributed by atoms with van der Waals surface area (Å²) in [6.45, 7) is 5.88. The number of likely N-dealkylation sites (tertiary alicyclic amines) is 1. The third kappa shape index (κ3) is 3.75. The van der Waals surface area contributed by atoms with Crippen molar-refractivity contribution in [3.05, 3.63) is 28.2 Å². The third-order valence-corrected chi connectivity index (χ3v) is 4.57. The minimum Gasteiger partial charge on any atom is -0.478 e. The van der Waals surface area contributed by atoms with E-state index in [0.29, 0.717) is 22.0 Å². The van der Waals surface area contributed by atoms with Crippen molar-refractivity contribution in [2.24, 2.45) is 11.8 Å². The zero-order valence-corrected chi connectivity index (χ0v) is 13.7. The van der Waals surface area contributed by atoms with Crippen molar-refractivity contribution in [2.75, 3.05) is 18.4 Å². The molecule has 5 nitrogen and oxygen atoms in total. The molecule has 1 fully saturated rings. The largest absolute Gasteiger partial charge is 0.478 e. The lowest BCUT2D eigenvalue weighted by Gasteiger charge is -2.19. The Labute approximate surface area is 132 Å². The second-order valence-corrected chi connectivity index (χ2v) is 6.52. The molecule has 1 aromatic rings. The number of rotatable bonds is 3. The quantitative estimate of drug-likeness (QED) is 0.869. The van der Waals surface area contributed by atoms with E-state index in [-0.39, 0.29) is 11.6 Å². The molecule has 0 aromatic heterocycles. The van der Waals surface area contributed by atoms with Gasteiger partial charge in [0.25, 0.3) is 0 Å². The molecular formula is C15H19BrN2O3. The van der Waals surface area contributed by atoms with Gasteiger partial charge in [-0.1, -0.05) is 13.8 Å². The summed E-state index contributed by atoms with van der Waals surface area (Å²) in [5, 5.41) is 11.7. The van der Waals surface area contributed by atoms with Crippen LogP contribution in [0.3, 0.4) is 0 Å². The van der Waals surface area contributed by atoms with Crippen LogP contribution in [0.25, 0.3) is 0 Å². The Morgan fingerprint density at radius 2 is 2.14 bits per heavy atom.